The van der Waals surface area contributed by atoms with Crippen molar-refractivity contribution in [1.82, 2.24) is 4.98 Å². The minimum absolute atomic E-state index is 0.161. The van der Waals surface area contributed by atoms with Crippen LogP contribution in [0.25, 0.3) is 22.5 Å². The Balaban J connectivity index is 2.13. The maximum absolute atomic E-state index is 12.9. The number of hydrogen-bond donors (Lipinski definition) is 1. The Kier molecular flexibility index (Phi) is 6.25. The summed E-state index contributed by atoms with van der Waals surface area (Å²) in [6.07, 6.45) is -3.98. The van der Waals surface area contributed by atoms with Gasteiger partial charge in [-0.3, -0.25) is 4.79 Å². The van der Waals surface area contributed by atoms with Crippen LogP contribution in [0.4, 0.5) is 13.2 Å². The molecule has 0 spiro atoms. The average molecular weight is 413 g/mol. The van der Waals surface area contributed by atoms with Gasteiger partial charge in [-0.25, -0.2) is 4.98 Å². The van der Waals surface area contributed by atoms with E-state index in [2.05, 4.69) is 4.98 Å². The van der Waals surface area contributed by atoms with Crippen LogP contribution in [0.2, 0.25) is 0 Å². The second kappa shape index (κ2) is 8.69. The molecule has 1 atom stereocenters. The van der Waals surface area contributed by atoms with Gasteiger partial charge in [0.25, 0.3) is 0 Å². The standard InChI is InChI=1S/C24H22F3NO2/c1-15(2)12-20(23(29)30)18-13-21(16-6-4-3-5-7-16)28-22(14-18)17-8-10-19(11-9-17)24(25,26)27/h3-11,13-15,20H,12H2,1-2H3,(H,29,30). The summed E-state index contributed by atoms with van der Waals surface area (Å²) in [6, 6.07) is 17.5. The third-order valence-corrected chi connectivity index (χ3v) is 4.83. The molecule has 30 heavy (non-hydrogen) atoms. The van der Waals surface area contributed by atoms with Gasteiger partial charge >= 0.3 is 12.1 Å². The van der Waals surface area contributed by atoms with Crippen LogP contribution in [0.5, 0.6) is 0 Å². The molecule has 0 saturated heterocycles. The fourth-order valence-electron chi connectivity index (χ4n) is 3.34. The van der Waals surface area contributed by atoms with Crippen LogP contribution in [0, 0.1) is 5.92 Å². The topological polar surface area (TPSA) is 50.2 Å². The number of halogens is 3. The Morgan fingerprint density at radius 3 is 1.93 bits per heavy atom. The molecule has 0 saturated carbocycles. The van der Waals surface area contributed by atoms with Gasteiger partial charge in [-0.15, -0.1) is 0 Å². The van der Waals surface area contributed by atoms with Crippen molar-refractivity contribution in [3.63, 3.8) is 0 Å². The predicted molar refractivity (Wildman–Crippen MR) is 110 cm³/mol. The number of nitrogens with zero attached hydrogens (tertiary/aromatic N) is 1. The lowest BCUT2D eigenvalue weighted by Gasteiger charge is -2.18. The molecule has 1 unspecified atom stereocenters. The van der Waals surface area contributed by atoms with Gasteiger partial charge in [-0.2, -0.15) is 13.2 Å². The number of benzene rings is 2. The molecule has 3 rings (SSSR count). The summed E-state index contributed by atoms with van der Waals surface area (Å²) in [6.45, 7) is 3.90. The zero-order valence-electron chi connectivity index (χ0n) is 16.6. The van der Waals surface area contributed by atoms with E-state index in [1.165, 1.54) is 12.1 Å². The number of carbonyl (C=O) groups is 1. The van der Waals surface area contributed by atoms with Crippen LogP contribution in [0.1, 0.15) is 37.3 Å². The summed E-state index contributed by atoms with van der Waals surface area (Å²) in [5.41, 5.74) is 2.17. The molecule has 0 aliphatic rings. The minimum Gasteiger partial charge on any atom is -0.481 e. The Labute approximate surface area is 173 Å². The van der Waals surface area contributed by atoms with Crippen LogP contribution in [0.15, 0.2) is 66.7 Å². The molecule has 0 bridgehead atoms. The third-order valence-electron chi connectivity index (χ3n) is 4.83. The number of carboxylic acids is 1. The molecule has 0 amide bonds. The Morgan fingerprint density at radius 1 is 0.933 bits per heavy atom. The smallest absolute Gasteiger partial charge is 0.416 e. The minimum atomic E-state index is -4.42. The van der Waals surface area contributed by atoms with Crippen molar-refractivity contribution >= 4 is 5.97 Å². The molecule has 156 valence electrons. The van der Waals surface area contributed by atoms with Crippen molar-refractivity contribution in [2.45, 2.75) is 32.4 Å². The predicted octanol–water partition coefficient (Wildman–Crippen LogP) is 6.65. The SMILES string of the molecule is CC(C)CC(C(=O)O)c1cc(-c2ccccc2)nc(-c2ccc(C(F)(F)F)cc2)c1. The average Bonchev–Trinajstić information content (AvgIpc) is 2.71. The number of alkyl halides is 3. The van der Waals surface area contributed by atoms with Gasteiger partial charge < -0.3 is 5.11 Å². The number of aromatic nitrogens is 1. The van der Waals surface area contributed by atoms with Crippen molar-refractivity contribution in [3.8, 4) is 22.5 Å². The normalized spacial score (nSPS) is 12.7. The van der Waals surface area contributed by atoms with E-state index < -0.39 is 23.6 Å². The first kappa shape index (κ1) is 21.6. The molecule has 0 radical (unpaired) electrons. The number of carboxylic acid groups (broad SMARTS) is 1. The van der Waals surface area contributed by atoms with Crippen LogP contribution < -0.4 is 0 Å². The molecule has 3 nitrogen and oxygen atoms in total. The van der Waals surface area contributed by atoms with E-state index in [0.717, 1.165) is 17.7 Å². The Bertz CT molecular complexity index is 1010. The summed E-state index contributed by atoms with van der Waals surface area (Å²) in [5.74, 6) is -1.51. The van der Waals surface area contributed by atoms with Gasteiger partial charge in [-0.05, 0) is 42.2 Å². The fourth-order valence-corrected chi connectivity index (χ4v) is 3.34. The summed E-state index contributed by atoms with van der Waals surface area (Å²) in [4.78, 5) is 16.6. The van der Waals surface area contributed by atoms with E-state index in [4.69, 9.17) is 0 Å². The second-order valence-electron chi connectivity index (χ2n) is 7.63. The number of aliphatic carboxylic acids is 1. The highest BCUT2D eigenvalue weighted by Gasteiger charge is 2.30. The molecule has 1 heterocycles. The first-order chi connectivity index (χ1) is 14.1. The number of pyridine rings is 1. The number of hydrogen-bond acceptors (Lipinski definition) is 2. The summed E-state index contributed by atoms with van der Waals surface area (Å²) in [7, 11) is 0. The molecule has 2 aromatic carbocycles. The van der Waals surface area contributed by atoms with Crippen molar-refractivity contribution in [2.24, 2.45) is 5.92 Å². The first-order valence-corrected chi connectivity index (χ1v) is 9.63. The van der Waals surface area contributed by atoms with Crippen molar-refractivity contribution in [3.05, 3.63) is 77.9 Å². The van der Waals surface area contributed by atoms with E-state index in [0.29, 0.717) is 28.9 Å². The highest BCUT2D eigenvalue weighted by molar-refractivity contribution is 5.78. The lowest BCUT2D eigenvalue weighted by molar-refractivity contribution is -0.139. The Hall–Kier alpha value is -3.15. The molecule has 3 aromatic rings. The van der Waals surface area contributed by atoms with Gasteiger partial charge in [0.15, 0.2) is 0 Å². The molecule has 0 aliphatic heterocycles. The number of rotatable bonds is 6. The monoisotopic (exact) mass is 413 g/mol. The van der Waals surface area contributed by atoms with Crippen LogP contribution in [-0.2, 0) is 11.0 Å². The van der Waals surface area contributed by atoms with Crippen LogP contribution in [0.3, 0.4) is 0 Å². The van der Waals surface area contributed by atoms with Gasteiger partial charge in [0.1, 0.15) is 0 Å². The fraction of sp³-hybridized carbons (Fsp3) is 0.250. The van der Waals surface area contributed by atoms with E-state index in [1.807, 2.05) is 44.2 Å². The van der Waals surface area contributed by atoms with Gasteiger partial charge in [-0.1, -0.05) is 56.3 Å². The van der Waals surface area contributed by atoms with E-state index >= 15 is 0 Å². The van der Waals surface area contributed by atoms with Crippen molar-refractivity contribution in [2.75, 3.05) is 0 Å². The summed E-state index contributed by atoms with van der Waals surface area (Å²) < 4.78 is 38.7. The van der Waals surface area contributed by atoms with Crippen LogP contribution >= 0.6 is 0 Å². The van der Waals surface area contributed by atoms with E-state index in [1.54, 1.807) is 12.1 Å². The van der Waals surface area contributed by atoms with Crippen molar-refractivity contribution in [1.29, 1.82) is 0 Å². The summed E-state index contributed by atoms with van der Waals surface area (Å²) >= 11 is 0. The zero-order chi connectivity index (χ0) is 21.9. The van der Waals surface area contributed by atoms with Crippen LogP contribution in [-0.4, -0.2) is 16.1 Å². The van der Waals surface area contributed by atoms with Gasteiger partial charge in [0.2, 0.25) is 0 Å². The van der Waals surface area contributed by atoms with Crippen molar-refractivity contribution < 1.29 is 23.1 Å². The molecular weight excluding hydrogens is 391 g/mol. The molecular formula is C24H22F3NO2. The quantitative estimate of drug-likeness (QED) is 0.492. The van der Waals surface area contributed by atoms with Gasteiger partial charge in [0, 0.05) is 11.1 Å². The molecule has 6 heteroatoms. The van der Waals surface area contributed by atoms with E-state index in [-0.39, 0.29) is 5.92 Å². The third kappa shape index (κ3) is 5.06. The lowest BCUT2D eigenvalue weighted by atomic mass is 9.89. The largest absolute Gasteiger partial charge is 0.481 e. The molecule has 0 aliphatic carbocycles. The maximum Gasteiger partial charge on any atom is 0.416 e. The summed E-state index contributed by atoms with van der Waals surface area (Å²) in [5, 5.41) is 9.78. The molecule has 1 aromatic heterocycles. The molecule has 0 fully saturated rings. The zero-order valence-corrected chi connectivity index (χ0v) is 16.6. The highest BCUT2D eigenvalue weighted by atomic mass is 19.4. The maximum atomic E-state index is 12.9. The molecule has 1 N–H and O–H groups in total. The Morgan fingerprint density at radius 2 is 1.47 bits per heavy atom. The highest BCUT2D eigenvalue weighted by Crippen LogP contribution is 2.34. The second-order valence-corrected chi connectivity index (χ2v) is 7.63. The lowest BCUT2D eigenvalue weighted by Crippen LogP contribution is -2.14. The van der Waals surface area contributed by atoms with Gasteiger partial charge in [0.05, 0.1) is 22.9 Å². The van der Waals surface area contributed by atoms with E-state index in [9.17, 15) is 23.1 Å². The first-order valence-electron chi connectivity index (χ1n) is 9.63.